The Morgan fingerprint density at radius 2 is 2.22 bits per heavy atom. The third kappa shape index (κ3) is 1.83. The first kappa shape index (κ1) is 11.8. The van der Waals surface area contributed by atoms with Gasteiger partial charge in [0.05, 0.1) is 24.6 Å². The Morgan fingerprint density at radius 1 is 1.50 bits per heavy atom. The van der Waals surface area contributed by atoms with E-state index in [1.807, 2.05) is 0 Å². The third-order valence-electron chi connectivity index (χ3n) is 2.37. The largest absolute Gasteiger partial charge is 0.481 e. The number of carboxylic acids is 1. The molecule has 0 unspecified atom stereocenters. The molecule has 0 aliphatic rings. The van der Waals surface area contributed by atoms with E-state index in [0.717, 1.165) is 0 Å². The Balaban J connectivity index is 2.56. The van der Waals surface area contributed by atoms with Gasteiger partial charge in [-0.3, -0.25) is 0 Å². The van der Waals surface area contributed by atoms with E-state index in [2.05, 4.69) is 15.1 Å². The van der Waals surface area contributed by atoms with E-state index in [1.54, 1.807) is 6.92 Å². The molecule has 2 rings (SSSR count). The lowest BCUT2D eigenvalue weighted by molar-refractivity contribution is 0.0691. The molecular weight excluding hydrogens is 238 g/mol. The highest BCUT2D eigenvalue weighted by atomic mass is 16.5. The lowest BCUT2D eigenvalue weighted by Gasteiger charge is -2.07. The fraction of sp³-hybridized carbons (Fsp3) is 0.200. The second kappa shape index (κ2) is 4.32. The van der Waals surface area contributed by atoms with Crippen LogP contribution in [-0.2, 0) is 0 Å². The highest BCUT2D eigenvalue weighted by Crippen LogP contribution is 2.20. The van der Waals surface area contributed by atoms with Crippen LogP contribution in [0.25, 0.3) is 5.82 Å². The number of nitrogens with zero attached hydrogens (tertiary/aromatic N) is 4. The predicted molar refractivity (Wildman–Crippen MR) is 61.8 cm³/mol. The zero-order valence-corrected chi connectivity index (χ0v) is 9.78. The van der Waals surface area contributed by atoms with Gasteiger partial charge in [-0.25, -0.2) is 19.4 Å². The molecule has 0 radical (unpaired) electrons. The van der Waals surface area contributed by atoms with Gasteiger partial charge in [-0.15, -0.1) is 0 Å². The number of carboxylic acid groups (broad SMARTS) is 1. The smallest absolute Gasteiger partial charge is 0.358 e. The van der Waals surface area contributed by atoms with Crippen LogP contribution in [-0.4, -0.2) is 37.9 Å². The summed E-state index contributed by atoms with van der Waals surface area (Å²) in [5.74, 6) is -0.378. The summed E-state index contributed by atoms with van der Waals surface area (Å²) in [6, 6.07) is 0. The predicted octanol–water partition coefficient (Wildman–Crippen LogP) is 0.260. The Morgan fingerprint density at radius 3 is 2.78 bits per heavy atom. The number of nitrogens with two attached hydrogens (primary N) is 1. The molecule has 0 aromatic carbocycles. The Labute approximate surface area is 102 Å². The molecule has 8 nitrogen and oxygen atoms in total. The fourth-order valence-electron chi connectivity index (χ4n) is 1.52. The van der Waals surface area contributed by atoms with E-state index >= 15 is 0 Å². The first-order chi connectivity index (χ1) is 8.54. The molecule has 2 aromatic rings. The number of aromatic nitrogens is 4. The van der Waals surface area contributed by atoms with Crippen molar-refractivity contribution in [2.24, 2.45) is 0 Å². The van der Waals surface area contributed by atoms with Crippen LogP contribution in [0.1, 0.15) is 16.1 Å². The van der Waals surface area contributed by atoms with Gasteiger partial charge in [0, 0.05) is 0 Å². The summed E-state index contributed by atoms with van der Waals surface area (Å²) in [5.41, 5.74) is 6.05. The van der Waals surface area contributed by atoms with Crippen LogP contribution >= 0.6 is 0 Å². The zero-order valence-electron chi connectivity index (χ0n) is 9.78. The molecule has 0 saturated carbocycles. The Kier molecular flexibility index (Phi) is 2.84. The molecule has 18 heavy (non-hydrogen) atoms. The minimum atomic E-state index is -1.19. The molecule has 94 valence electrons. The number of ether oxygens (including phenoxy) is 1. The van der Waals surface area contributed by atoms with E-state index in [1.165, 1.54) is 24.3 Å². The molecule has 3 N–H and O–H groups in total. The number of methoxy groups -OCH3 is 1. The maximum atomic E-state index is 10.9. The second-order valence-electron chi connectivity index (χ2n) is 3.51. The van der Waals surface area contributed by atoms with Gasteiger partial charge in [-0.05, 0) is 6.92 Å². The molecular formula is C10H11N5O3. The normalized spacial score (nSPS) is 10.3. The van der Waals surface area contributed by atoms with Gasteiger partial charge in [0.25, 0.3) is 0 Å². The third-order valence-corrected chi connectivity index (χ3v) is 2.37. The lowest BCUT2D eigenvalue weighted by atomic mass is 10.3. The number of aromatic carboxylic acids is 1. The van der Waals surface area contributed by atoms with E-state index in [4.69, 9.17) is 15.6 Å². The van der Waals surface area contributed by atoms with Crippen LogP contribution in [0.5, 0.6) is 5.88 Å². The van der Waals surface area contributed by atoms with Crippen molar-refractivity contribution in [3.63, 3.8) is 0 Å². The number of hydrogen-bond donors (Lipinski definition) is 2. The average molecular weight is 249 g/mol. The molecule has 0 saturated heterocycles. The molecule has 2 heterocycles. The van der Waals surface area contributed by atoms with E-state index in [0.29, 0.717) is 17.3 Å². The SMILES string of the molecule is COc1ncnc(-n2cc(N)c(C(=O)O)n2)c1C. The van der Waals surface area contributed by atoms with Gasteiger partial charge in [-0.2, -0.15) is 5.10 Å². The monoisotopic (exact) mass is 249 g/mol. The van der Waals surface area contributed by atoms with Crippen LogP contribution in [0.4, 0.5) is 5.69 Å². The van der Waals surface area contributed by atoms with Crippen LogP contribution in [0.2, 0.25) is 0 Å². The van der Waals surface area contributed by atoms with Crippen molar-refractivity contribution in [2.45, 2.75) is 6.92 Å². The van der Waals surface area contributed by atoms with Gasteiger partial charge in [0.15, 0.2) is 11.5 Å². The molecule has 0 aliphatic heterocycles. The van der Waals surface area contributed by atoms with Gasteiger partial charge in [-0.1, -0.05) is 0 Å². The van der Waals surface area contributed by atoms with Crippen molar-refractivity contribution in [3.05, 3.63) is 23.8 Å². The first-order valence-corrected chi connectivity index (χ1v) is 4.99. The second-order valence-corrected chi connectivity index (χ2v) is 3.51. The molecule has 8 heteroatoms. The lowest BCUT2D eigenvalue weighted by Crippen LogP contribution is -2.06. The number of hydrogen-bond acceptors (Lipinski definition) is 6. The van der Waals surface area contributed by atoms with E-state index in [-0.39, 0.29) is 11.4 Å². The van der Waals surface area contributed by atoms with E-state index in [9.17, 15) is 4.79 Å². The van der Waals surface area contributed by atoms with Gasteiger partial charge in [0.1, 0.15) is 6.33 Å². The van der Waals surface area contributed by atoms with Crippen molar-refractivity contribution in [1.29, 1.82) is 0 Å². The zero-order chi connectivity index (χ0) is 13.3. The van der Waals surface area contributed by atoms with Crippen LogP contribution < -0.4 is 10.5 Å². The van der Waals surface area contributed by atoms with E-state index < -0.39 is 5.97 Å². The van der Waals surface area contributed by atoms with Gasteiger partial charge in [0.2, 0.25) is 5.88 Å². The number of nitrogen functional groups attached to an aromatic ring is 1. The fourth-order valence-corrected chi connectivity index (χ4v) is 1.52. The number of anilines is 1. The number of rotatable bonds is 3. The molecule has 2 aromatic heterocycles. The molecule has 0 fully saturated rings. The summed E-state index contributed by atoms with van der Waals surface area (Å²) in [6.07, 6.45) is 2.69. The van der Waals surface area contributed by atoms with Gasteiger partial charge >= 0.3 is 5.97 Å². The number of carbonyl (C=O) groups is 1. The molecule has 0 spiro atoms. The minimum absolute atomic E-state index is 0.0690. The van der Waals surface area contributed by atoms with Crippen LogP contribution in [0.3, 0.4) is 0 Å². The topological polar surface area (TPSA) is 116 Å². The Hall–Kier alpha value is -2.64. The highest BCUT2D eigenvalue weighted by molar-refractivity contribution is 5.91. The van der Waals surface area contributed by atoms with Crippen molar-refractivity contribution in [3.8, 4) is 11.7 Å². The Bertz CT molecular complexity index is 608. The maximum Gasteiger partial charge on any atom is 0.358 e. The summed E-state index contributed by atoms with van der Waals surface area (Å²) in [5, 5.41) is 12.7. The molecule has 0 amide bonds. The quantitative estimate of drug-likeness (QED) is 0.801. The summed E-state index contributed by atoms with van der Waals surface area (Å²) in [6.45, 7) is 1.74. The summed E-state index contributed by atoms with van der Waals surface area (Å²) < 4.78 is 6.34. The van der Waals surface area contributed by atoms with Crippen LogP contribution in [0, 0.1) is 6.92 Å². The van der Waals surface area contributed by atoms with Crippen LogP contribution in [0.15, 0.2) is 12.5 Å². The van der Waals surface area contributed by atoms with Crippen molar-refractivity contribution >= 4 is 11.7 Å². The standard InChI is InChI=1S/C10H11N5O3/c1-5-8(12-4-13-9(5)18-2)15-3-6(11)7(14-15)10(16)17/h3-4H,11H2,1-2H3,(H,16,17). The first-order valence-electron chi connectivity index (χ1n) is 4.99. The van der Waals surface area contributed by atoms with Crippen molar-refractivity contribution in [2.75, 3.05) is 12.8 Å². The summed E-state index contributed by atoms with van der Waals surface area (Å²) in [4.78, 5) is 18.8. The average Bonchev–Trinajstić information content (AvgIpc) is 2.71. The van der Waals surface area contributed by atoms with Gasteiger partial charge < -0.3 is 15.6 Å². The highest BCUT2D eigenvalue weighted by Gasteiger charge is 2.17. The summed E-state index contributed by atoms with van der Waals surface area (Å²) in [7, 11) is 1.49. The molecule has 0 bridgehead atoms. The van der Waals surface area contributed by atoms with Crippen molar-refractivity contribution in [1.82, 2.24) is 19.7 Å². The molecule has 0 atom stereocenters. The maximum absolute atomic E-state index is 10.9. The van der Waals surface area contributed by atoms with Crippen molar-refractivity contribution < 1.29 is 14.6 Å². The minimum Gasteiger partial charge on any atom is -0.481 e. The summed E-state index contributed by atoms with van der Waals surface area (Å²) >= 11 is 0. The molecule has 0 aliphatic carbocycles.